The Bertz CT molecular complexity index is 710. The van der Waals surface area contributed by atoms with Gasteiger partial charge in [0, 0.05) is 17.8 Å². The Balaban J connectivity index is 1.91. The first-order chi connectivity index (χ1) is 10.0. The van der Waals surface area contributed by atoms with E-state index in [4.69, 9.17) is 0 Å². The fraction of sp³-hybridized carbons (Fsp3) is 0.294. The average Bonchev–Trinajstić information content (AvgIpc) is 2.83. The van der Waals surface area contributed by atoms with E-state index >= 15 is 0 Å². The molecule has 1 atom stereocenters. The van der Waals surface area contributed by atoms with Gasteiger partial charge in [-0.15, -0.1) is 0 Å². The molecule has 0 heterocycles. The lowest BCUT2D eigenvalue weighted by atomic mass is 10.0. The number of hydrogen-bond acceptors (Lipinski definition) is 3. The monoisotopic (exact) mass is 282 g/mol. The Hall–Kier alpha value is -2.36. The molecule has 2 aromatic carbocycles. The van der Waals surface area contributed by atoms with Crippen molar-refractivity contribution in [1.82, 2.24) is 0 Å². The third kappa shape index (κ3) is 2.61. The number of fused-ring (bicyclic) bond motifs is 1. The number of hydrogen-bond donors (Lipinski definition) is 1. The highest BCUT2D eigenvalue weighted by atomic mass is 16.6. The highest BCUT2D eigenvalue weighted by Crippen LogP contribution is 2.35. The number of nitrogens with one attached hydrogen (secondary N) is 1. The molecule has 1 unspecified atom stereocenters. The number of nitro groups is 1. The molecule has 0 bridgehead atoms. The molecule has 0 spiro atoms. The van der Waals surface area contributed by atoms with Crippen LogP contribution in [0.1, 0.15) is 34.7 Å². The van der Waals surface area contributed by atoms with Crippen molar-refractivity contribution >= 4 is 11.4 Å². The van der Waals surface area contributed by atoms with E-state index in [-0.39, 0.29) is 16.7 Å². The van der Waals surface area contributed by atoms with Crippen LogP contribution in [0.15, 0.2) is 36.4 Å². The van der Waals surface area contributed by atoms with Crippen LogP contribution in [0, 0.1) is 24.0 Å². The molecule has 1 aliphatic rings. The minimum atomic E-state index is -0.350. The molecule has 4 heteroatoms. The molecule has 0 fully saturated rings. The van der Waals surface area contributed by atoms with E-state index in [0.717, 1.165) is 24.1 Å². The van der Waals surface area contributed by atoms with Gasteiger partial charge in [0.25, 0.3) is 5.69 Å². The van der Waals surface area contributed by atoms with Crippen LogP contribution in [0.3, 0.4) is 0 Å². The van der Waals surface area contributed by atoms with E-state index in [0.29, 0.717) is 0 Å². The summed E-state index contributed by atoms with van der Waals surface area (Å²) in [7, 11) is 0. The van der Waals surface area contributed by atoms with E-state index in [1.165, 1.54) is 16.7 Å². The van der Waals surface area contributed by atoms with E-state index < -0.39 is 0 Å². The van der Waals surface area contributed by atoms with Gasteiger partial charge in [0.05, 0.1) is 11.0 Å². The molecule has 108 valence electrons. The molecule has 0 aromatic heterocycles. The van der Waals surface area contributed by atoms with Gasteiger partial charge in [-0.05, 0) is 43.4 Å². The molecule has 3 rings (SSSR count). The van der Waals surface area contributed by atoms with Gasteiger partial charge in [-0.2, -0.15) is 0 Å². The summed E-state index contributed by atoms with van der Waals surface area (Å²) in [5.74, 6) is 0. The molecule has 4 nitrogen and oxygen atoms in total. The number of nitro benzene ring substituents is 1. The van der Waals surface area contributed by atoms with Gasteiger partial charge in [-0.25, -0.2) is 0 Å². The summed E-state index contributed by atoms with van der Waals surface area (Å²) >= 11 is 0. The summed E-state index contributed by atoms with van der Waals surface area (Å²) in [5.41, 5.74) is 5.95. The number of aryl methyl sites for hydroxylation is 3. The first kappa shape index (κ1) is 13.6. The van der Waals surface area contributed by atoms with Gasteiger partial charge in [0.15, 0.2) is 0 Å². The zero-order valence-electron chi connectivity index (χ0n) is 12.2. The van der Waals surface area contributed by atoms with E-state index in [2.05, 4.69) is 30.4 Å². The third-order valence-electron chi connectivity index (χ3n) is 4.14. The fourth-order valence-electron chi connectivity index (χ4n) is 2.94. The van der Waals surface area contributed by atoms with Crippen molar-refractivity contribution in [1.29, 1.82) is 0 Å². The van der Waals surface area contributed by atoms with Crippen LogP contribution in [-0.4, -0.2) is 4.92 Å². The average molecular weight is 282 g/mol. The van der Waals surface area contributed by atoms with Crippen LogP contribution in [0.2, 0.25) is 0 Å². The topological polar surface area (TPSA) is 55.2 Å². The van der Waals surface area contributed by atoms with Gasteiger partial charge in [-0.3, -0.25) is 10.1 Å². The predicted molar refractivity (Wildman–Crippen MR) is 83.7 cm³/mol. The van der Waals surface area contributed by atoms with Crippen LogP contribution < -0.4 is 5.32 Å². The van der Waals surface area contributed by atoms with E-state index in [1.54, 1.807) is 18.2 Å². The Labute approximate surface area is 124 Å². The second-order valence-electron chi connectivity index (χ2n) is 5.69. The predicted octanol–water partition coefficient (Wildman–Crippen LogP) is 4.31. The highest BCUT2D eigenvalue weighted by Gasteiger charge is 2.23. The summed E-state index contributed by atoms with van der Waals surface area (Å²) in [6, 6.07) is 11.8. The smallest absolute Gasteiger partial charge is 0.271 e. The Morgan fingerprint density at radius 3 is 2.76 bits per heavy atom. The zero-order chi connectivity index (χ0) is 15.0. The minimum Gasteiger partial charge on any atom is -0.378 e. The molecule has 0 saturated carbocycles. The van der Waals surface area contributed by atoms with Crippen molar-refractivity contribution in [3.05, 3.63) is 68.8 Å². The van der Waals surface area contributed by atoms with Crippen molar-refractivity contribution in [3.8, 4) is 0 Å². The number of non-ortho nitro benzene ring substituents is 1. The molecule has 0 radical (unpaired) electrons. The van der Waals surface area contributed by atoms with Crippen LogP contribution in [0.5, 0.6) is 0 Å². The second-order valence-corrected chi connectivity index (χ2v) is 5.69. The highest BCUT2D eigenvalue weighted by molar-refractivity contribution is 5.58. The number of nitrogens with zero attached hydrogens (tertiary/aromatic N) is 1. The van der Waals surface area contributed by atoms with Crippen LogP contribution >= 0.6 is 0 Å². The maximum absolute atomic E-state index is 10.9. The maximum Gasteiger partial charge on any atom is 0.271 e. The van der Waals surface area contributed by atoms with Gasteiger partial charge < -0.3 is 5.32 Å². The van der Waals surface area contributed by atoms with Crippen LogP contribution in [-0.2, 0) is 6.42 Å². The Morgan fingerprint density at radius 1 is 1.19 bits per heavy atom. The molecule has 0 amide bonds. The molecule has 0 saturated heterocycles. The number of anilines is 1. The Kier molecular flexibility index (Phi) is 3.37. The van der Waals surface area contributed by atoms with Crippen molar-refractivity contribution in [2.24, 2.45) is 0 Å². The van der Waals surface area contributed by atoms with Gasteiger partial charge >= 0.3 is 0 Å². The van der Waals surface area contributed by atoms with Crippen molar-refractivity contribution in [3.63, 3.8) is 0 Å². The molecule has 0 aliphatic heterocycles. The lowest BCUT2D eigenvalue weighted by Gasteiger charge is -2.17. The standard InChI is InChI=1S/C17H18N2O2/c1-11-3-5-13-6-8-16(15(13)9-11)18-17-10-14(19(20)21)7-4-12(17)2/h3-5,7,9-10,16,18H,6,8H2,1-2H3. The quantitative estimate of drug-likeness (QED) is 0.674. The summed E-state index contributed by atoms with van der Waals surface area (Å²) in [6.45, 7) is 4.06. The zero-order valence-corrected chi connectivity index (χ0v) is 12.2. The lowest BCUT2D eigenvalue weighted by Crippen LogP contribution is -2.08. The third-order valence-corrected chi connectivity index (χ3v) is 4.14. The van der Waals surface area contributed by atoms with Crippen molar-refractivity contribution < 1.29 is 4.92 Å². The number of rotatable bonds is 3. The first-order valence-electron chi connectivity index (χ1n) is 7.15. The molecule has 21 heavy (non-hydrogen) atoms. The van der Waals surface area contributed by atoms with Gasteiger partial charge in [0.1, 0.15) is 0 Å². The number of benzene rings is 2. The Morgan fingerprint density at radius 2 is 2.00 bits per heavy atom. The lowest BCUT2D eigenvalue weighted by molar-refractivity contribution is -0.384. The normalized spacial score (nSPS) is 16.6. The largest absolute Gasteiger partial charge is 0.378 e. The minimum absolute atomic E-state index is 0.130. The van der Waals surface area contributed by atoms with Gasteiger partial charge in [-0.1, -0.05) is 29.8 Å². The molecule has 1 aliphatic carbocycles. The molecular weight excluding hydrogens is 264 g/mol. The molecular formula is C17H18N2O2. The van der Waals surface area contributed by atoms with Crippen LogP contribution in [0.4, 0.5) is 11.4 Å². The van der Waals surface area contributed by atoms with E-state index in [1.807, 2.05) is 6.92 Å². The van der Waals surface area contributed by atoms with Crippen molar-refractivity contribution in [2.45, 2.75) is 32.7 Å². The summed E-state index contributed by atoms with van der Waals surface area (Å²) in [4.78, 5) is 10.6. The second kappa shape index (κ2) is 5.20. The van der Waals surface area contributed by atoms with Crippen LogP contribution in [0.25, 0.3) is 0 Å². The van der Waals surface area contributed by atoms with Gasteiger partial charge in [0.2, 0.25) is 0 Å². The molecule has 2 aromatic rings. The fourth-order valence-corrected chi connectivity index (χ4v) is 2.94. The summed E-state index contributed by atoms with van der Waals surface area (Å²) in [6.07, 6.45) is 2.09. The van der Waals surface area contributed by atoms with E-state index in [9.17, 15) is 10.1 Å². The summed E-state index contributed by atoms with van der Waals surface area (Å²) < 4.78 is 0. The van der Waals surface area contributed by atoms with Crippen molar-refractivity contribution in [2.75, 3.05) is 5.32 Å². The first-order valence-corrected chi connectivity index (χ1v) is 7.15. The molecule has 1 N–H and O–H groups in total. The summed E-state index contributed by atoms with van der Waals surface area (Å²) in [5, 5.41) is 14.4. The SMILES string of the molecule is Cc1ccc2c(c1)C(Nc1cc([N+](=O)[O-])ccc1C)CC2. The maximum atomic E-state index is 10.9.